The van der Waals surface area contributed by atoms with Crippen molar-refractivity contribution in [1.82, 2.24) is 9.55 Å². The van der Waals surface area contributed by atoms with Crippen LogP contribution in [0.3, 0.4) is 0 Å². The van der Waals surface area contributed by atoms with Gasteiger partial charge in [0.25, 0.3) is 0 Å². The van der Waals surface area contributed by atoms with Crippen LogP contribution in [0, 0.1) is 10.1 Å². The molecule has 4 rings (SSSR count). The first-order chi connectivity index (χ1) is 15.8. The Hall–Kier alpha value is -3.80. The van der Waals surface area contributed by atoms with Gasteiger partial charge >= 0.3 is 5.95 Å². The zero-order chi connectivity index (χ0) is 23.8. The van der Waals surface area contributed by atoms with Gasteiger partial charge in [-0.1, -0.05) is 65.6 Å². The molecule has 170 valence electrons. The van der Waals surface area contributed by atoms with Crippen LogP contribution in [0.1, 0.15) is 26.9 Å². The minimum atomic E-state index is -3.00. The zero-order valence-electron chi connectivity index (χ0n) is 16.9. The molecular formula is C22H18FN3O7. The largest absolute Gasteiger partial charge is 0.436 e. The molecule has 2 aromatic carbocycles. The molecule has 1 saturated heterocycles. The molecule has 3 aromatic rings. The Balaban J connectivity index is 1.78. The number of nitro groups is 1. The number of ketones is 2. The third kappa shape index (κ3) is 3.71. The van der Waals surface area contributed by atoms with E-state index in [-0.39, 0.29) is 11.1 Å². The van der Waals surface area contributed by atoms with Gasteiger partial charge in [0.1, 0.15) is 24.6 Å². The first-order valence-corrected chi connectivity index (χ1v) is 9.83. The van der Waals surface area contributed by atoms with Crippen LogP contribution < -0.4 is 0 Å². The number of carbonyl (C=O) groups is 2. The van der Waals surface area contributed by atoms with Crippen molar-refractivity contribution >= 4 is 17.5 Å². The fourth-order valence-corrected chi connectivity index (χ4v) is 3.83. The number of imidazole rings is 1. The second kappa shape index (κ2) is 8.62. The second-order valence-electron chi connectivity index (χ2n) is 7.44. The molecule has 1 aliphatic heterocycles. The predicted molar refractivity (Wildman–Crippen MR) is 110 cm³/mol. The summed E-state index contributed by atoms with van der Waals surface area (Å²) in [5.41, 5.74) is -3.05. The normalized spacial score (nSPS) is 25.5. The van der Waals surface area contributed by atoms with Crippen molar-refractivity contribution < 1.29 is 33.9 Å². The van der Waals surface area contributed by atoms with E-state index < -0.39 is 52.6 Å². The van der Waals surface area contributed by atoms with Gasteiger partial charge in [0.2, 0.25) is 17.6 Å². The van der Waals surface area contributed by atoms with Crippen LogP contribution >= 0.6 is 0 Å². The second-order valence-corrected chi connectivity index (χ2v) is 7.44. The lowest BCUT2D eigenvalue weighted by Gasteiger charge is -2.27. The Bertz CT molecular complexity index is 1190. The van der Waals surface area contributed by atoms with Crippen molar-refractivity contribution in [2.75, 3.05) is 0 Å². The van der Waals surface area contributed by atoms with Crippen LogP contribution in [0.15, 0.2) is 73.1 Å². The summed E-state index contributed by atoms with van der Waals surface area (Å²) in [6.07, 6.45) is -6.65. The number of nitrogens with zero attached hydrogens (tertiary/aromatic N) is 3. The van der Waals surface area contributed by atoms with E-state index in [9.17, 15) is 29.9 Å². The molecule has 1 aromatic heterocycles. The average molecular weight is 455 g/mol. The van der Waals surface area contributed by atoms with E-state index in [2.05, 4.69) is 4.98 Å². The van der Waals surface area contributed by atoms with Gasteiger partial charge in [-0.2, -0.15) is 4.57 Å². The number of hydrogen-bond donors (Lipinski definition) is 2. The number of ether oxygens (including phenoxy) is 1. The molecule has 11 heteroatoms. The molecule has 0 bridgehead atoms. The van der Waals surface area contributed by atoms with Gasteiger partial charge in [-0.25, -0.2) is 4.39 Å². The van der Waals surface area contributed by atoms with Crippen molar-refractivity contribution in [3.63, 3.8) is 0 Å². The lowest BCUT2D eigenvalue weighted by atomic mass is 9.84. The molecule has 1 fully saturated rings. The fraction of sp³-hybridized carbons (Fsp3) is 0.227. The molecule has 0 spiro atoms. The summed E-state index contributed by atoms with van der Waals surface area (Å²) in [6, 6.07) is 14.7. The topological polar surface area (TPSA) is 145 Å². The van der Waals surface area contributed by atoms with E-state index >= 15 is 4.39 Å². The van der Waals surface area contributed by atoms with Gasteiger partial charge in [0, 0.05) is 11.1 Å². The summed E-state index contributed by atoms with van der Waals surface area (Å²) in [7, 11) is 0. The maximum Gasteiger partial charge on any atom is 0.436 e. The van der Waals surface area contributed by atoms with Crippen molar-refractivity contribution in [2.45, 2.75) is 30.2 Å². The van der Waals surface area contributed by atoms with Crippen molar-refractivity contribution in [2.24, 2.45) is 0 Å². The SMILES string of the molecule is O=C(c1ccccc1)C(O)[C@H]1O[C@@H](n2ccnc2[N+](=O)[O-])[C@](O)(C(=O)c2ccccc2)[C@H]1F. The highest BCUT2D eigenvalue weighted by molar-refractivity contribution is 6.04. The van der Waals surface area contributed by atoms with Gasteiger partial charge < -0.3 is 25.1 Å². The lowest BCUT2D eigenvalue weighted by Crippen LogP contribution is -2.53. The summed E-state index contributed by atoms with van der Waals surface area (Å²) < 4.78 is 21.9. The molecule has 1 aliphatic rings. The van der Waals surface area contributed by atoms with Crippen LogP contribution in [0.25, 0.3) is 0 Å². The summed E-state index contributed by atoms with van der Waals surface area (Å²) >= 11 is 0. The molecule has 33 heavy (non-hydrogen) atoms. The van der Waals surface area contributed by atoms with Gasteiger partial charge in [-0.15, -0.1) is 0 Å². The molecule has 2 heterocycles. The maximum atomic E-state index is 15.8. The van der Waals surface area contributed by atoms with Crippen LogP contribution in [0.5, 0.6) is 0 Å². The molecule has 0 amide bonds. The Labute approximate surface area is 186 Å². The third-order valence-electron chi connectivity index (χ3n) is 5.47. The Morgan fingerprint density at radius 1 is 1.12 bits per heavy atom. The molecule has 0 radical (unpaired) electrons. The molecule has 2 N–H and O–H groups in total. The van der Waals surface area contributed by atoms with E-state index in [0.29, 0.717) is 4.57 Å². The van der Waals surface area contributed by atoms with Gasteiger partial charge in [-0.3, -0.25) is 9.59 Å². The highest BCUT2D eigenvalue weighted by atomic mass is 19.1. The molecular weight excluding hydrogens is 437 g/mol. The van der Waals surface area contributed by atoms with E-state index in [1.165, 1.54) is 48.5 Å². The van der Waals surface area contributed by atoms with Gasteiger partial charge in [0.05, 0.1) is 0 Å². The first-order valence-electron chi connectivity index (χ1n) is 9.83. The van der Waals surface area contributed by atoms with E-state index in [0.717, 1.165) is 12.4 Å². The molecule has 1 unspecified atom stereocenters. The summed E-state index contributed by atoms with van der Waals surface area (Å²) in [6.45, 7) is 0. The van der Waals surface area contributed by atoms with Gasteiger partial charge in [0.15, 0.2) is 12.0 Å². The maximum absolute atomic E-state index is 15.8. The number of aliphatic hydroxyl groups is 2. The van der Waals surface area contributed by atoms with Crippen LogP contribution in [0.2, 0.25) is 0 Å². The van der Waals surface area contributed by atoms with Crippen LogP contribution in [0.4, 0.5) is 10.3 Å². The lowest BCUT2D eigenvalue weighted by molar-refractivity contribution is -0.399. The molecule has 5 atom stereocenters. The number of benzene rings is 2. The van der Waals surface area contributed by atoms with Crippen molar-refractivity contribution in [3.05, 3.63) is 94.3 Å². The third-order valence-corrected chi connectivity index (χ3v) is 5.47. The fourth-order valence-electron chi connectivity index (χ4n) is 3.83. The van der Waals surface area contributed by atoms with Gasteiger partial charge in [-0.05, 0) is 4.92 Å². The van der Waals surface area contributed by atoms with Crippen molar-refractivity contribution in [1.29, 1.82) is 0 Å². The Morgan fingerprint density at radius 2 is 1.70 bits per heavy atom. The van der Waals surface area contributed by atoms with E-state index in [4.69, 9.17) is 4.74 Å². The average Bonchev–Trinajstić information content (AvgIpc) is 3.42. The standard InChI is InChI=1S/C22H18FN3O7/c23-18-17(16(28)15(27)13-7-3-1-4-8-13)33-20(25-12-11-24-21(25)26(31)32)22(18,30)19(29)14-9-5-2-6-10-14/h1-12,16-18,20,28,30H/t16?,17-,18+,20-,22-/m1/s1. The van der Waals surface area contributed by atoms with E-state index in [1.807, 2.05) is 0 Å². The number of carbonyl (C=O) groups excluding carboxylic acids is 2. The Kier molecular flexibility index (Phi) is 5.85. The number of alkyl halides is 1. The first kappa shape index (κ1) is 22.4. The number of rotatable bonds is 7. The summed E-state index contributed by atoms with van der Waals surface area (Å²) in [5, 5.41) is 33.4. The van der Waals surface area contributed by atoms with Crippen LogP contribution in [-0.2, 0) is 4.74 Å². The molecule has 0 aliphatic carbocycles. The molecule has 10 nitrogen and oxygen atoms in total. The quantitative estimate of drug-likeness (QED) is 0.312. The number of aliphatic hydroxyl groups excluding tert-OH is 1. The minimum Gasteiger partial charge on any atom is -0.390 e. The number of hydrogen-bond acceptors (Lipinski definition) is 8. The molecule has 0 saturated carbocycles. The number of aromatic nitrogens is 2. The predicted octanol–water partition coefficient (Wildman–Crippen LogP) is 1.88. The zero-order valence-corrected chi connectivity index (χ0v) is 16.9. The summed E-state index contributed by atoms with van der Waals surface area (Å²) in [5.74, 6) is -2.86. The monoisotopic (exact) mass is 455 g/mol. The van der Waals surface area contributed by atoms with Crippen LogP contribution in [-0.4, -0.2) is 60.2 Å². The number of Topliss-reactive ketones (excluding diaryl/α,β-unsaturated/α-hetero) is 2. The smallest absolute Gasteiger partial charge is 0.390 e. The Morgan fingerprint density at radius 3 is 2.27 bits per heavy atom. The van der Waals surface area contributed by atoms with E-state index in [1.54, 1.807) is 12.1 Å². The van der Waals surface area contributed by atoms with Crippen molar-refractivity contribution in [3.8, 4) is 0 Å². The minimum absolute atomic E-state index is 0.0517. The highest BCUT2D eigenvalue weighted by Crippen LogP contribution is 2.45. The summed E-state index contributed by atoms with van der Waals surface area (Å²) in [4.78, 5) is 40.0. The number of halogens is 1. The highest BCUT2D eigenvalue weighted by Gasteiger charge is 2.66.